The molecule has 2 unspecified atom stereocenters. The van der Waals surface area contributed by atoms with Crippen LogP contribution in [0.4, 0.5) is 0 Å². The Morgan fingerprint density at radius 1 is 1.44 bits per heavy atom. The molecule has 1 aromatic carbocycles. The molecule has 2 nitrogen and oxygen atoms in total. The first-order valence-corrected chi connectivity index (χ1v) is 6.80. The van der Waals surface area contributed by atoms with E-state index in [1.807, 2.05) is 17.8 Å². The van der Waals surface area contributed by atoms with Crippen LogP contribution in [0.25, 0.3) is 0 Å². The fourth-order valence-corrected chi connectivity index (χ4v) is 3.50. The summed E-state index contributed by atoms with van der Waals surface area (Å²) in [7, 11) is 0. The number of hydrogen-bond acceptors (Lipinski definition) is 3. The van der Waals surface area contributed by atoms with Crippen LogP contribution in [0.15, 0.2) is 30.3 Å². The lowest BCUT2D eigenvalue weighted by Gasteiger charge is -2.27. The molecular formula is C13H19NOS. The third-order valence-corrected chi connectivity index (χ3v) is 4.59. The molecule has 0 amide bonds. The van der Waals surface area contributed by atoms with Crippen LogP contribution in [-0.4, -0.2) is 28.3 Å². The van der Waals surface area contributed by atoms with E-state index in [0.717, 1.165) is 18.7 Å². The van der Waals surface area contributed by atoms with E-state index in [-0.39, 0.29) is 12.1 Å². The number of benzene rings is 1. The maximum Gasteiger partial charge on any atom is 0.0621 e. The van der Waals surface area contributed by atoms with Crippen LogP contribution in [-0.2, 0) is 6.54 Å². The van der Waals surface area contributed by atoms with Crippen LogP contribution in [0.5, 0.6) is 0 Å². The second kappa shape index (κ2) is 5.21. The molecule has 3 heteroatoms. The minimum absolute atomic E-state index is 0.0695. The number of thioether (sulfide) groups is 1. The summed E-state index contributed by atoms with van der Waals surface area (Å²) in [4.78, 5) is 0. The standard InChI is InChI=1S/C13H19NOS/c1-11-7-13(9-15,10-16-11)14-8-12-5-3-2-4-6-12/h2-6,11,14-15H,7-10H2,1H3. The van der Waals surface area contributed by atoms with Gasteiger partial charge in [-0.2, -0.15) is 11.8 Å². The first-order valence-electron chi connectivity index (χ1n) is 5.75. The van der Waals surface area contributed by atoms with E-state index in [1.165, 1.54) is 5.56 Å². The third kappa shape index (κ3) is 2.78. The molecule has 1 aliphatic heterocycles. The van der Waals surface area contributed by atoms with Gasteiger partial charge in [0.05, 0.1) is 12.1 Å². The van der Waals surface area contributed by atoms with Gasteiger partial charge in [-0.25, -0.2) is 0 Å². The number of rotatable bonds is 4. The molecule has 1 aromatic rings. The van der Waals surface area contributed by atoms with Gasteiger partial charge in [0.25, 0.3) is 0 Å². The quantitative estimate of drug-likeness (QED) is 0.840. The van der Waals surface area contributed by atoms with E-state index in [9.17, 15) is 5.11 Å². The van der Waals surface area contributed by atoms with E-state index in [4.69, 9.17) is 0 Å². The van der Waals surface area contributed by atoms with Crippen LogP contribution in [0, 0.1) is 0 Å². The summed E-state index contributed by atoms with van der Waals surface area (Å²) in [6, 6.07) is 10.4. The highest BCUT2D eigenvalue weighted by molar-refractivity contribution is 8.00. The average molecular weight is 237 g/mol. The Labute approximate surface area is 101 Å². The van der Waals surface area contributed by atoms with Gasteiger partial charge in [-0.3, -0.25) is 0 Å². The van der Waals surface area contributed by atoms with Crippen LogP contribution in [0.1, 0.15) is 18.9 Å². The molecule has 2 N–H and O–H groups in total. The normalized spacial score (nSPS) is 29.5. The highest BCUT2D eigenvalue weighted by Crippen LogP contribution is 2.34. The van der Waals surface area contributed by atoms with Gasteiger partial charge >= 0.3 is 0 Å². The van der Waals surface area contributed by atoms with E-state index in [2.05, 4.69) is 36.5 Å². The summed E-state index contributed by atoms with van der Waals surface area (Å²) in [6.45, 7) is 3.30. The summed E-state index contributed by atoms with van der Waals surface area (Å²) >= 11 is 1.94. The minimum atomic E-state index is -0.0695. The number of aliphatic hydroxyl groups excluding tert-OH is 1. The molecular weight excluding hydrogens is 218 g/mol. The van der Waals surface area contributed by atoms with Crippen molar-refractivity contribution in [3.8, 4) is 0 Å². The first-order chi connectivity index (χ1) is 7.74. The maximum absolute atomic E-state index is 9.54. The van der Waals surface area contributed by atoms with Crippen molar-refractivity contribution in [2.24, 2.45) is 0 Å². The Morgan fingerprint density at radius 2 is 2.19 bits per heavy atom. The predicted molar refractivity (Wildman–Crippen MR) is 69.6 cm³/mol. The van der Waals surface area contributed by atoms with Crippen molar-refractivity contribution in [1.82, 2.24) is 5.32 Å². The Bertz CT molecular complexity index is 330. The topological polar surface area (TPSA) is 32.3 Å². The number of aliphatic hydroxyl groups is 1. The Hall–Kier alpha value is -0.510. The highest BCUT2D eigenvalue weighted by Gasteiger charge is 2.36. The van der Waals surface area contributed by atoms with Crippen molar-refractivity contribution in [3.63, 3.8) is 0 Å². The molecule has 0 saturated carbocycles. The molecule has 16 heavy (non-hydrogen) atoms. The van der Waals surface area contributed by atoms with Crippen molar-refractivity contribution < 1.29 is 5.11 Å². The lowest BCUT2D eigenvalue weighted by atomic mass is 9.97. The molecule has 2 rings (SSSR count). The first kappa shape index (κ1) is 12.0. The zero-order valence-electron chi connectivity index (χ0n) is 9.65. The summed E-state index contributed by atoms with van der Waals surface area (Å²) < 4.78 is 0. The van der Waals surface area contributed by atoms with Crippen LogP contribution < -0.4 is 5.32 Å². The fraction of sp³-hybridized carbons (Fsp3) is 0.538. The Morgan fingerprint density at radius 3 is 2.75 bits per heavy atom. The monoisotopic (exact) mass is 237 g/mol. The molecule has 1 saturated heterocycles. The number of hydrogen-bond donors (Lipinski definition) is 2. The van der Waals surface area contributed by atoms with Gasteiger partial charge in [-0.15, -0.1) is 0 Å². The molecule has 0 aromatic heterocycles. The largest absolute Gasteiger partial charge is 0.394 e. The van der Waals surface area contributed by atoms with Gasteiger partial charge in [0.15, 0.2) is 0 Å². The molecule has 0 aliphatic carbocycles. The second-order valence-corrected chi connectivity index (χ2v) is 6.03. The molecule has 1 aliphatic rings. The van der Waals surface area contributed by atoms with Crippen molar-refractivity contribution in [2.75, 3.05) is 12.4 Å². The van der Waals surface area contributed by atoms with Gasteiger partial charge in [0, 0.05) is 17.5 Å². The molecule has 1 fully saturated rings. The molecule has 0 spiro atoms. The average Bonchev–Trinajstić information content (AvgIpc) is 2.71. The van der Waals surface area contributed by atoms with Crippen molar-refractivity contribution in [3.05, 3.63) is 35.9 Å². The summed E-state index contributed by atoms with van der Waals surface area (Å²) in [5.41, 5.74) is 1.21. The number of nitrogens with one attached hydrogen (secondary N) is 1. The fourth-order valence-electron chi connectivity index (χ4n) is 2.14. The minimum Gasteiger partial charge on any atom is -0.394 e. The lowest BCUT2D eigenvalue weighted by molar-refractivity contribution is 0.174. The van der Waals surface area contributed by atoms with Gasteiger partial charge in [-0.05, 0) is 12.0 Å². The van der Waals surface area contributed by atoms with Crippen molar-refractivity contribution >= 4 is 11.8 Å². The van der Waals surface area contributed by atoms with Gasteiger partial charge < -0.3 is 10.4 Å². The summed E-state index contributed by atoms with van der Waals surface area (Å²) in [5.74, 6) is 1.01. The summed E-state index contributed by atoms with van der Waals surface area (Å²) in [5, 5.41) is 13.7. The summed E-state index contributed by atoms with van der Waals surface area (Å²) in [6.07, 6.45) is 1.06. The van der Waals surface area contributed by atoms with Gasteiger partial charge in [0.2, 0.25) is 0 Å². The Balaban J connectivity index is 1.93. The molecule has 1 heterocycles. The van der Waals surface area contributed by atoms with Crippen molar-refractivity contribution in [1.29, 1.82) is 0 Å². The smallest absolute Gasteiger partial charge is 0.0621 e. The molecule has 2 atom stereocenters. The highest BCUT2D eigenvalue weighted by atomic mass is 32.2. The lowest BCUT2D eigenvalue weighted by Crippen LogP contribution is -2.48. The van der Waals surface area contributed by atoms with Gasteiger partial charge in [0.1, 0.15) is 0 Å². The van der Waals surface area contributed by atoms with E-state index >= 15 is 0 Å². The maximum atomic E-state index is 9.54. The van der Waals surface area contributed by atoms with Crippen molar-refractivity contribution in [2.45, 2.75) is 30.7 Å². The molecule has 0 radical (unpaired) electrons. The van der Waals surface area contributed by atoms with Crippen LogP contribution >= 0.6 is 11.8 Å². The third-order valence-electron chi connectivity index (χ3n) is 3.14. The predicted octanol–water partition coefficient (Wildman–Crippen LogP) is 2.03. The second-order valence-electron chi connectivity index (χ2n) is 4.60. The van der Waals surface area contributed by atoms with Crippen LogP contribution in [0.2, 0.25) is 0 Å². The van der Waals surface area contributed by atoms with Crippen LogP contribution in [0.3, 0.4) is 0 Å². The molecule has 0 bridgehead atoms. The van der Waals surface area contributed by atoms with E-state index in [0.29, 0.717) is 5.25 Å². The Kier molecular flexibility index (Phi) is 3.90. The van der Waals surface area contributed by atoms with Gasteiger partial charge in [-0.1, -0.05) is 37.3 Å². The van der Waals surface area contributed by atoms with E-state index in [1.54, 1.807) is 0 Å². The SMILES string of the molecule is CC1CC(CO)(NCc2ccccc2)CS1. The molecule has 88 valence electrons. The zero-order chi connectivity index (χ0) is 11.4. The van der Waals surface area contributed by atoms with E-state index < -0.39 is 0 Å². The zero-order valence-corrected chi connectivity index (χ0v) is 10.5.